The molecule has 1 rings (SSSR count). The van der Waals surface area contributed by atoms with Gasteiger partial charge in [-0.15, -0.1) is 12.4 Å². The van der Waals surface area contributed by atoms with Crippen LogP contribution in [0.1, 0.15) is 20.8 Å². The topological polar surface area (TPSA) is 69.7 Å². The summed E-state index contributed by atoms with van der Waals surface area (Å²) in [5, 5.41) is 3.17. The van der Waals surface area contributed by atoms with Gasteiger partial charge in [0.15, 0.2) is 0 Å². The summed E-state index contributed by atoms with van der Waals surface area (Å²) in [6.07, 6.45) is 0. The van der Waals surface area contributed by atoms with E-state index in [1.54, 1.807) is 18.7 Å². The van der Waals surface area contributed by atoms with Crippen molar-refractivity contribution in [3.05, 3.63) is 0 Å². The minimum Gasteiger partial charge on any atom is -0.337 e. The van der Waals surface area contributed by atoms with E-state index >= 15 is 0 Å². The van der Waals surface area contributed by atoms with Crippen molar-refractivity contribution < 1.29 is 13.2 Å². The van der Waals surface area contributed by atoms with Crippen molar-refractivity contribution in [3.63, 3.8) is 0 Å². The standard InChI is InChI=1S/C11H23N3O3S.ClH/c1-4-13(5-2)18(16,17)9-11(15)14-7-6-12-8-10(14)3;/h10,12H,4-9H2,1-3H3;1H/t10-;/m1./s1. The fourth-order valence-electron chi connectivity index (χ4n) is 2.16. The number of hydrogen-bond acceptors (Lipinski definition) is 4. The zero-order valence-electron chi connectivity index (χ0n) is 11.8. The summed E-state index contributed by atoms with van der Waals surface area (Å²) in [5.74, 6) is -0.713. The van der Waals surface area contributed by atoms with Crippen LogP contribution < -0.4 is 5.32 Å². The third kappa shape index (κ3) is 4.91. The molecule has 0 aromatic heterocycles. The highest BCUT2D eigenvalue weighted by atomic mass is 35.5. The van der Waals surface area contributed by atoms with Crippen LogP contribution in [0, 0.1) is 0 Å². The quantitative estimate of drug-likeness (QED) is 0.769. The Hall–Kier alpha value is -0.370. The van der Waals surface area contributed by atoms with Gasteiger partial charge in [-0.3, -0.25) is 4.79 Å². The predicted octanol–water partition coefficient (Wildman–Crippen LogP) is -0.0999. The number of nitrogens with zero attached hydrogens (tertiary/aromatic N) is 2. The summed E-state index contributed by atoms with van der Waals surface area (Å²) in [6.45, 7) is 8.31. The molecule has 0 aliphatic carbocycles. The summed E-state index contributed by atoms with van der Waals surface area (Å²) < 4.78 is 25.4. The van der Waals surface area contributed by atoms with Crippen LogP contribution in [-0.2, 0) is 14.8 Å². The zero-order chi connectivity index (χ0) is 13.8. The van der Waals surface area contributed by atoms with Crippen LogP contribution in [0.5, 0.6) is 0 Å². The van der Waals surface area contributed by atoms with Crippen molar-refractivity contribution in [3.8, 4) is 0 Å². The normalized spacial score (nSPS) is 20.2. The maximum absolute atomic E-state index is 12.1. The van der Waals surface area contributed by atoms with E-state index in [0.717, 1.165) is 13.1 Å². The third-order valence-electron chi connectivity index (χ3n) is 3.23. The van der Waals surface area contributed by atoms with Crippen molar-refractivity contribution >= 4 is 28.3 Å². The number of piperazine rings is 1. The average molecular weight is 314 g/mol. The highest BCUT2D eigenvalue weighted by Crippen LogP contribution is 2.07. The Kier molecular flexibility index (Phi) is 7.88. The second-order valence-corrected chi connectivity index (χ2v) is 6.45. The van der Waals surface area contributed by atoms with Gasteiger partial charge in [-0.05, 0) is 6.92 Å². The lowest BCUT2D eigenvalue weighted by Gasteiger charge is -2.34. The number of sulfonamides is 1. The summed E-state index contributed by atoms with van der Waals surface area (Å²) in [5.41, 5.74) is 0. The van der Waals surface area contributed by atoms with Crippen LogP contribution in [0.4, 0.5) is 0 Å². The molecule has 0 saturated carbocycles. The van der Waals surface area contributed by atoms with Crippen LogP contribution in [0.25, 0.3) is 0 Å². The Balaban J connectivity index is 0.00000324. The van der Waals surface area contributed by atoms with Gasteiger partial charge in [0.1, 0.15) is 5.75 Å². The predicted molar refractivity (Wildman–Crippen MR) is 78.0 cm³/mol. The van der Waals surface area contributed by atoms with E-state index in [2.05, 4.69) is 5.32 Å². The van der Waals surface area contributed by atoms with Gasteiger partial charge in [0.25, 0.3) is 0 Å². The minimum absolute atomic E-state index is 0. The van der Waals surface area contributed by atoms with Crippen LogP contribution >= 0.6 is 12.4 Å². The van der Waals surface area contributed by atoms with Crippen LogP contribution in [0.2, 0.25) is 0 Å². The van der Waals surface area contributed by atoms with Crippen LogP contribution in [0.15, 0.2) is 0 Å². The highest BCUT2D eigenvalue weighted by molar-refractivity contribution is 7.89. The molecule has 1 N–H and O–H groups in total. The van der Waals surface area contributed by atoms with E-state index in [1.807, 2.05) is 6.92 Å². The second kappa shape index (κ2) is 8.04. The molecule has 1 fully saturated rings. The molecule has 1 aliphatic heterocycles. The zero-order valence-corrected chi connectivity index (χ0v) is 13.4. The molecule has 1 saturated heterocycles. The molecular weight excluding hydrogens is 290 g/mol. The lowest BCUT2D eigenvalue weighted by molar-refractivity contribution is -0.131. The number of amides is 1. The summed E-state index contributed by atoms with van der Waals surface area (Å²) in [4.78, 5) is 13.7. The molecule has 114 valence electrons. The number of carbonyl (C=O) groups excluding carboxylic acids is 1. The summed E-state index contributed by atoms with van der Waals surface area (Å²) in [7, 11) is -3.47. The van der Waals surface area contributed by atoms with Crippen molar-refractivity contribution in [2.24, 2.45) is 0 Å². The molecule has 0 aromatic carbocycles. The first-order valence-electron chi connectivity index (χ1n) is 6.40. The van der Waals surface area contributed by atoms with Gasteiger partial charge < -0.3 is 10.2 Å². The van der Waals surface area contributed by atoms with E-state index in [4.69, 9.17) is 0 Å². The molecule has 19 heavy (non-hydrogen) atoms. The first-order chi connectivity index (χ1) is 8.42. The summed E-state index contributed by atoms with van der Waals surface area (Å²) >= 11 is 0. The Labute approximate surface area is 122 Å². The molecule has 8 heteroatoms. The van der Waals surface area contributed by atoms with Gasteiger partial charge in [-0.25, -0.2) is 12.7 Å². The number of halogens is 1. The van der Waals surface area contributed by atoms with Crippen molar-refractivity contribution in [1.29, 1.82) is 0 Å². The molecule has 1 aliphatic rings. The highest BCUT2D eigenvalue weighted by Gasteiger charge is 2.29. The lowest BCUT2D eigenvalue weighted by Crippen LogP contribution is -2.54. The number of nitrogens with one attached hydrogen (secondary N) is 1. The minimum atomic E-state index is -3.47. The number of carbonyl (C=O) groups is 1. The number of rotatable bonds is 5. The molecular formula is C11H24ClN3O3S. The van der Waals surface area contributed by atoms with E-state index in [1.165, 1.54) is 4.31 Å². The van der Waals surface area contributed by atoms with E-state index < -0.39 is 15.8 Å². The Morgan fingerprint density at radius 2 is 1.95 bits per heavy atom. The molecule has 0 bridgehead atoms. The number of hydrogen-bond donors (Lipinski definition) is 1. The fourth-order valence-corrected chi connectivity index (χ4v) is 3.61. The second-order valence-electron chi connectivity index (χ2n) is 4.48. The summed E-state index contributed by atoms with van der Waals surface area (Å²) in [6, 6.07) is 0.0538. The van der Waals surface area contributed by atoms with Crippen LogP contribution in [0.3, 0.4) is 0 Å². The maximum Gasteiger partial charge on any atom is 0.239 e. The molecule has 0 aromatic rings. The van der Waals surface area contributed by atoms with Gasteiger partial charge in [-0.1, -0.05) is 13.8 Å². The molecule has 1 amide bonds. The smallest absolute Gasteiger partial charge is 0.239 e. The Morgan fingerprint density at radius 3 is 2.42 bits per heavy atom. The molecule has 6 nitrogen and oxygen atoms in total. The van der Waals surface area contributed by atoms with Crippen molar-refractivity contribution in [2.45, 2.75) is 26.8 Å². The Bertz CT molecular complexity index is 385. The van der Waals surface area contributed by atoms with Gasteiger partial charge >= 0.3 is 0 Å². The van der Waals surface area contributed by atoms with Gasteiger partial charge in [0.2, 0.25) is 15.9 Å². The van der Waals surface area contributed by atoms with Crippen molar-refractivity contribution in [1.82, 2.24) is 14.5 Å². The molecule has 0 unspecified atom stereocenters. The molecule has 0 radical (unpaired) electrons. The van der Waals surface area contributed by atoms with E-state index in [9.17, 15) is 13.2 Å². The average Bonchev–Trinajstić information content (AvgIpc) is 2.29. The van der Waals surface area contributed by atoms with Gasteiger partial charge in [0.05, 0.1) is 0 Å². The third-order valence-corrected chi connectivity index (χ3v) is 5.14. The van der Waals surface area contributed by atoms with E-state index in [0.29, 0.717) is 19.6 Å². The lowest BCUT2D eigenvalue weighted by atomic mass is 10.2. The maximum atomic E-state index is 12.1. The van der Waals surface area contributed by atoms with Crippen molar-refractivity contribution in [2.75, 3.05) is 38.5 Å². The van der Waals surface area contributed by atoms with Gasteiger partial charge in [0, 0.05) is 38.8 Å². The first-order valence-corrected chi connectivity index (χ1v) is 8.01. The monoisotopic (exact) mass is 313 g/mol. The largest absolute Gasteiger partial charge is 0.337 e. The SMILES string of the molecule is CCN(CC)S(=O)(=O)CC(=O)N1CCNC[C@H]1C.Cl. The van der Waals surface area contributed by atoms with Crippen LogP contribution in [-0.4, -0.2) is 68.0 Å². The molecule has 0 spiro atoms. The molecule has 1 atom stereocenters. The molecule has 1 heterocycles. The fraction of sp³-hybridized carbons (Fsp3) is 0.909. The van der Waals surface area contributed by atoms with E-state index in [-0.39, 0.29) is 24.4 Å². The first kappa shape index (κ1) is 18.6. The van der Waals surface area contributed by atoms with Gasteiger partial charge in [-0.2, -0.15) is 0 Å². The Morgan fingerprint density at radius 1 is 1.37 bits per heavy atom.